The van der Waals surface area contributed by atoms with E-state index in [0.29, 0.717) is 10.7 Å². The van der Waals surface area contributed by atoms with Crippen LogP contribution in [0.4, 0.5) is 5.69 Å². The van der Waals surface area contributed by atoms with Crippen LogP contribution in [0.25, 0.3) is 10.9 Å². The van der Waals surface area contributed by atoms with Crippen molar-refractivity contribution in [2.45, 2.75) is 34.2 Å². The lowest BCUT2D eigenvalue weighted by Crippen LogP contribution is -2.18. The second kappa shape index (κ2) is 6.33. The first-order valence-electron chi connectivity index (χ1n) is 8.09. The molecule has 24 heavy (non-hydrogen) atoms. The van der Waals surface area contributed by atoms with Crippen molar-refractivity contribution < 1.29 is 4.79 Å². The van der Waals surface area contributed by atoms with Crippen LogP contribution in [0.1, 0.15) is 34.1 Å². The van der Waals surface area contributed by atoms with Crippen molar-refractivity contribution in [2.24, 2.45) is 0 Å². The van der Waals surface area contributed by atoms with Gasteiger partial charge < -0.3 is 9.88 Å². The number of aromatic nitrogens is 1. The molecule has 3 aromatic rings. The molecule has 3 nitrogen and oxygen atoms in total. The fourth-order valence-electron chi connectivity index (χ4n) is 3.25. The molecule has 0 unspecified atom stereocenters. The van der Waals surface area contributed by atoms with Crippen LogP contribution < -0.4 is 5.32 Å². The highest BCUT2D eigenvalue weighted by molar-refractivity contribution is 6.31. The predicted octanol–water partition coefficient (Wildman–Crippen LogP) is 5.49. The smallest absolute Gasteiger partial charge is 0.272 e. The molecule has 0 radical (unpaired) electrons. The van der Waals surface area contributed by atoms with Gasteiger partial charge in [-0.1, -0.05) is 29.3 Å². The first-order chi connectivity index (χ1) is 11.4. The van der Waals surface area contributed by atoms with Crippen LogP contribution in [0.2, 0.25) is 5.02 Å². The number of hydrogen-bond acceptors (Lipinski definition) is 1. The summed E-state index contributed by atoms with van der Waals surface area (Å²) in [5.41, 5.74) is 5.76. The summed E-state index contributed by atoms with van der Waals surface area (Å²) in [6.07, 6.45) is 0. The standard InChI is InChI=1S/C20H21ClN2O/c1-5-23-18-9-7-15(21)11-16(18)14(4)19(23)20(24)22-17-8-6-12(2)10-13(17)3/h6-11H,5H2,1-4H3,(H,22,24). The fourth-order valence-corrected chi connectivity index (χ4v) is 3.42. The maximum absolute atomic E-state index is 12.9. The maximum atomic E-state index is 12.9. The zero-order valence-corrected chi connectivity index (χ0v) is 15.2. The van der Waals surface area contributed by atoms with Crippen molar-refractivity contribution >= 4 is 34.1 Å². The monoisotopic (exact) mass is 340 g/mol. The molecule has 0 spiro atoms. The minimum absolute atomic E-state index is 0.0892. The average molecular weight is 341 g/mol. The molecule has 3 rings (SSSR count). The molecule has 0 aliphatic heterocycles. The number of aryl methyl sites for hydroxylation is 4. The Morgan fingerprint density at radius 2 is 1.88 bits per heavy atom. The van der Waals surface area contributed by atoms with Gasteiger partial charge in [0, 0.05) is 28.2 Å². The second-order valence-electron chi connectivity index (χ2n) is 6.15. The molecule has 1 aromatic heterocycles. The van der Waals surface area contributed by atoms with Crippen molar-refractivity contribution in [2.75, 3.05) is 5.32 Å². The molecule has 0 saturated heterocycles. The first-order valence-corrected chi connectivity index (χ1v) is 8.47. The third kappa shape index (κ3) is 2.80. The number of rotatable bonds is 3. The summed E-state index contributed by atoms with van der Waals surface area (Å²) in [6, 6.07) is 11.8. The SMILES string of the molecule is CCn1c(C(=O)Nc2ccc(C)cc2C)c(C)c2cc(Cl)ccc21. The first kappa shape index (κ1) is 16.6. The zero-order chi connectivity index (χ0) is 17.4. The van der Waals surface area contributed by atoms with Gasteiger partial charge in [0.25, 0.3) is 5.91 Å². The predicted molar refractivity (Wildman–Crippen MR) is 101 cm³/mol. The van der Waals surface area contributed by atoms with Crippen molar-refractivity contribution in [1.82, 2.24) is 4.57 Å². The summed E-state index contributed by atoms with van der Waals surface area (Å²) in [6.45, 7) is 8.79. The molecule has 1 heterocycles. The lowest BCUT2D eigenvalue weighted by Gasteiger charge is -2.12. The van der Waals surface area contributed by atoms with Crippen LogP contribution in [0.3, 0.4) is 0 Å². The molecule has 4 heteroatoms. The topological polar surface area (TPSA) is 34.0 Å². The number of hydrogen-bond donors (Lipinski definition) is 1. The molecule has 0 aliphatic carbocycles. The summed E-state index contributed by atoms with van der Waals surface area (Å²) < 4.78 is 2.04. The van der Waals surface area contributed by atoms with Crippen molar-refractivity contribution in [1.29, 1.82) is 0 Å². The third-order valence-electron chi connectivity index (χ3n) is 4.44. The average Bonchev–Trinajstić information content (AvgIpc) is 2.82. The number of anilines is 1. The zero-order valence-electron chi connectivity index (χ0n) is 14.4. The summed E-state index contributed by atoms with van der Waals surface area (Å²) in [7, 11) is 0. The van der Waals surface area contributed by atoms with E-state index in [9.17, 15) is 4.79 Å². The number of nitrogens with one attached hydrogen (secondary N) is 1. The van der Waals surface area contributed by atoms with E-state index < -0.39 is 0 Å². The summed E-state index contributed by atoms with van der Waals surface area (Å²) in [4.78, 5) is 12.9. The minimum atomic E-state index is -0.0892. The Morgan fingerprint density at radius 1 is 1.12 bits per heavy atom. The highest BCUT2D eigenvalue weighted by atomic mass is 35.5. The molecular weight excluding hydrogens is 320 g/mol. The molecule has 0 aliphatic rings. The van der Waals surface area contributed by atoms with E-state index in [-0.39, 0.29) is 5.91 Å². The molecule has 0 bridgehead atoms. The quantitative estimate of drug-likeness (QED) is 0.671. The van der Waals surface area contributed by atoms with Gasteiger partial charge in [-0.2, -0.15) is 0 Å². The fraction of sp³-hybridized carbons (Fsp3) is 0.250. The molecule has 1 N–H and O–H groups in total. The molecule has 0 saturated carbocycles. The van der Waals surface area contributed by atoms with Crippen LogP contribution in [-0.2, 0) is 6.54 Å². The van der Waals surface area contributed by atoms with E-state index in [4.69, 9.17) is 11.6 Å². The minimum Gasteiger partial charge on any atom is -0.337 e. The lowest BCUT2D eigenvalue weighted by atomic mass is 10.1. The number of carbonyl (C=O) groups excluding carboxylic acids is 1. The second-order valence-corrected chi connectivity index (χ2v) is 6.59. The Kier molecular flexibility index (Phi) is 4.37. The van der Waals surface area contributed by atoms with E-state index in [0.717, 1.165) is 34.3 Å². The van der Waals surface area contributed by atoms with Crippen LogP contribution in [0.5, 0.6) is 0 Å². The normalized spacial score (nSPS) is 11.0. The van der Waals surface area contributed by atoms with Crippen molar-refractivity contribution in [3.63, 3.8) is 0 Å². The molecule has 2 aromatic carbocycles. The van der Waals surface area contributed by atoms with Gasteiger partial charge in [0.2, 0.25) is 0 Å². The van der Waals surface area contributed by atoms with E-state index in [1.54, 1.807) is 0 Å². The molecule has 0 atom stereocenters. The Hall–Kier alpha value is -2.26. The molecular formula is C20H21ClN2O. The molecule has 1 amide bonds. The number of benzene rings is 2. The van der Waals surface area contributed by atoms with Gasteiger partial charge in [0.15, 0.2) is 0 Å². The largest absolute Gasteiger partial charge is 0.337 e. The van der Waals surface area contributed by atoms with Crippen LogP contribution in [-0.4, -0.2) is 10.5 Å². The Morgan fingerprint density at radius 3 is 2.54 bits per heavy atom. The Balaban J connectivity index is 2.08. The summed E-state index contributed by atoms with van der Waals surface area (Å²) in [5.74, 6) is -0.0892. The van der Waals surface area contributed by atoms with E-state index in [1.807, 2.05) is 62.6 Å². The van der Waals surface area contributed by atoms with E-state index >= 15 is 0 Å². The van der Waals surface area contributed by atoms with Gasteiger partial charge in [-0.25, -0.2) is 0 Å². The number of carbonyl (C=O) groups is 1. The van der Waals surface area contributed by atoms with Crippen molar-refractivity contribution in [3.05, 3.63) is 63.8 Å². The van der Waals surface area contributed by atoms with Gasteiger partial charge in [-0.3, -0.25) is 4.79 Å². The van der Waals surface area contributed by atoms with Crippen LogP contribution in [0, 0.1) is 20.8 Å². The van der Waals surface area contributed by atoms with Gasteiger partial charge >= 0.3 is 0 Å². The van der Waals surface area contributed by atoms with Gasteiger partial charge in [-0.05, 0) is 63.1 Å². The van der Waals surface area contributed by atoms with Gasteiger partial charge in [0.1, 0.15) is 5.69 Å². The van der Waals surface area contributed by atoms with Gasteiger partial charge in [-0.15, -0.1) is 0 Å². The Labute approximate surface area is 147 Å². The van der Waals surface area contributed by atoms with E-state index in [1.165, 1.54) is 5.56 Å². The number of fused-ring (bicyclic) bond motifs is 1. The number of amides is 1. The van der Waals surface area contributed by atoms with E-state index in [2.05, 4.69) is 11.4 Å². The lowest BCUT2D eigenvalue weighted by molar-refractivity contribution is 0.101. The highest BCUT2D eigenvalue weighted by Gasteiger charge is 2.20. The highest BCUT2D eigenvalue weighted by Crippen LogP contribution is 2.29. The number of halogens is 1. The van der Waals surface area contributed by atoms with Gasteiger partial charge in [0.05, 0.1) is 0 Å². The summed E-state index contributed by atoms with van der Waals surface area (Å²) >= 11 is 6.13. The third-order valence-corrected chi connectivity index (χ3v) is 4.68. The molecule has 0 fully saturated rings. The number of nitrogens with zero attached hydrogens (tertiary/aromatic N) is 1. The van der Waals surface area contributed by atoms with Crippen molar-refractivity contribution in [3.8, 4) is 0 Å². The van der Waals surface area contributed by atoms with Crippen LogP contribution >= 0.6 is 11.6 Å². The molecule has 124 valence electrons. The Bertz CT molecular complexity index is 940. The summed E-state index contributed by atoms with van der Waals surface area (Å²) in [5, 5.41) is 4.76. The van der Waals surface area contributed by atoms with Crippen LogP contribution in [0.15, 0.2) is 36.4 Å². The maximum Gasteiger partial charge on any atom is 0.272 e.